The van der Waals surface area contributed by atoms with Crippen LogP contribution >= 0.6 is 0 Å². The van der Waals surface area contributed by atoms with Crippen LogP contribution in [-0.2, 0) is 10.8 Å². The Hall–Kier alpha value is -0.380. The van der Waals surface area contributed by atoms with Crippen molar-refractivity contribution in [2.75, 3.05) is 5.75 Å². The molecule has 0 aromatic heterocycles. The normalized spacial score (nSPS) is 35.1. The summed E-state index contributed by atoms with van der Waals surface area (Å²) in [6.45, 7) is 3.74. The maximum atomic E-state index is 10.9. The first-order chi connectivity index (χ1) is 4.20. The average Bonchev–Trinajstić information content (AvgIpc) is 1.80. The van der Waals surface area contributed by atoms with Gasteiger partial charge in [0.1, 0.15) is 5.04 Å². The molecule has 1 rings (SSSR count). The zero-order valence-electron chi connectivity index (χ0n) is 5.55. The number of hydrogen-bond donors (Lipinski definition) is 1. The SMILES string of the molecule is CC1=NNC(C)CS1=O. The van der Waals surface area contributed by atoms with Gasteiger partial charge in [0, 0.05) is 0 Å². The summed E-state index contributed by atoms with van der Waals surface area (Å²) in [5.74, 6) is 0.690. The molecule has 0 aliphatic carbocycles. The first-order valence-electron chi connectivity index (χ1n) is 2.88. The van der Waals surface area contributed by atoms with Crippen LogP contribution in [0, 0.1) is 0 Å². The summed E-state index contributed by atoms with van der Waals surface area (Å²) in [4.78, 5) is 0. The van der Waals surface area contributed by atoms with Crippen molar-refractivity contribution in [2.24, 2.45) is 5.10 Å². The summed E-state index contributed by atoms with van der Waals surface area (Å²) >= 11 is 0. The van der Waals surface area contributed by atoms with Crippen LogP contribution in [0.1, 0.15) is 13.8 Å². The molecular formula is C5H10N2OS. The van der Waals surface area contributed by atoms with Crippen LogP contribution in [0.15, 0.2) is 5.10 Å². The topological polar surface area (TPSA) is 41.5 Å². The van der Waals surface area contributed by atoms with Gasteiger partial charge in [-0.15, -0.1) is 0 Å². The lowest BCUT2D eigenvalue weighted by Gasteiger charge is -2.15. The predicted molar refractivity (Wildman–Crippen MR) is 38.7 cm³/mol. The van der Waals surface area contributed by atoms with Crippen molar-refractivity contribution in [2.45, 2.75) is 19.9 Å². The Kier molecular flexibility index (Phi) is 1.85. The summed E-state index contributed by atoms with van der Waals surface area (Å²) in [6.07, 6.45) is 0. The molecule has 2 unspecified atom stereocenters. The largest absolute Gasteiger partial charge is 0.306 e. The molecule has 1 aliphatic rings. The van der Waals surface area contributed by atoms with Crippen molar-refractivity contribution in [3.8, 4) is 0 Å². The van der Waals surface area contributed by atoms with Crippen LogP contribution in [0.3, 0.4) is 0 Å². The molecule has 3 nitrogen and oxygen atoms in total. The Morgan fingerprint density at radius 1 is 1.89 bits per heavy atom. The fourth-order valence-corrected chi connectivity index (χ4v) is 1.56. The summed E-state index contributed by atoms with van der Waals surface area (Å²) in [5, 5.41) is 4.56. The highest BCUT2D eigenvalue weighted by molar-refractivity contribution is 8.00. The third kappa shape index (κ3) is 1.51. The van der Waals surface area contributed by atoms with Gasteiger partial charge in [-0.1, -0.05) is 0 Å². The third-order valence-corrected chi connectivity index (χ3v) is 2.73. The van der Waals surface area contributed by atoms with Crippen molar-refractivity contribution in [1.29, 1.82) is 0 Å². The molecule has 0 saturated carbocycles. The smallest absolute Gasteiger partial charge is 0.121 e. The van der Waals surface area contributed by atoms with E-state index in [1.54, 1.807) is 6.92 Å². The molecule has 0 bridgehead atoms. The lowest BCUT2D eigenvalue weighted by Crippen LogP contribution is -2.34. The van der Waals surface area contributed by atoms with Crippen molar-refractivity contribution in [3.63, 3.8) is 0 Å². The van der Waals surface area contributed by atoms with E-state index < -0.39 is 10.8 Å². The highest BCUT2D eigenvalue weighted by Gasteiger charge is 2.13. The predicted octanol–water partition coefficient (Wildman–Crippen LogP) is 0.0602. The number of nitrogens with zero attached hydrogens (tertiary/aromatic N) is 1. The highest BCUT2D eigenvalue weighted by Crippen LogP contribution is 1.97. The molecule has 9 heavy (non-hydrogen) atoms. The monoisotopic (exact) mass is 146 g/mol. The minimum absolute atomic E-state index is 0.259. The molecule has 0 saturated heterocycles. The Bertz CT molecular complexity index is 166. The fraction of sp³-hybridized carbons (Fsp3) is 0.800. The van der Waals surface area contributed by atoms with Gasteiger partial charge in [0.2, 0.25) is 0 Å². The van der Waals surface area contributed by atoms with Gasteiger partial charge in [0.25, 0.3) is 0 Å². The van der Waals surface area contributed by atoms with Crippen LogP contribution in [0.4, 0.5) is 0 Å². The van der Waals surface area contributed by atoms with Gasteiger partial charge in [-0.3, -0.25) is 4.21 Å². The molecule has 0 aromatic carbocycles. The Morgan fingerprint density at radius 2 is 2.56 bits per heavy atom. The standard InChI is InChI=1S/C5H10N2OS/c1-4-3-9(8)5(2)7-6-4/h4,6H,3H2,1-2H3. The van der Waals surface area contributed by atoms with Gasteiger partial charge < -0.3 is 5.43 Å². The molecular weight excluding hydrogens is 136 g/mol. The molecule has 0 aromatic rings. The Morgan fingerprint density at radius 3 is 3.00 bits per heavy atom. The molecule has 0 amide bonds. The van der Waals surface area contributed by atoms with E-state index in [1.165, 1.54) is 0 Å². The van der Waals surface area contributed by atoms with Crippen molar-refractivity contribution >= 4 is 15.8 Å². The van der Waals surface area contributed by atoms with Crippen LogP contribution < -0.4 is 5.43 Å². The van der Waals surface area contributed by atoms with Gasteiger partial charge >= 0.3 is 0 Å². The summed E-state index contributed by atoms with van der Waals surface area (Å²) in [6, 6.07) is 0.259. The number of hydrogen-bond acceptors (Lipinski definition) is 3. The number of hydrazone groups is 1. The van der Waals surface area contributed by atoms with Crippen molar-refractivity contribution in [1.82, 2.24) is 5.43 Å². The maximum absolute atomic E-state index is 10.9. The summed E-state index contributed by atoms with van der Waals surface area (Å²) in [5.41, 5.74) is 2.86. The first kappa shape index (κ1) is 6.74. The molecule has 1 heterocycles. The summed E-state index contributed by atoms with van der Waals surface area (Å²) in [7, 11) is -0.828. The quantitative estimate of drug-likeness (QED) is 0.525. The minimum Gasteiger partial charge on any atom is -0.306 e. The molecule has 0 spiro atoms. The maximum Gasteiger partial charge on any atom is 0.121 e. The van der Waals surface area contributed by atoms with E-state index >= 15 is 0 Å². The number of rotatable bonds is 0. The molecule has 0 fully saturated rings. The van der Waals surface area contributed by atoms with Gasteiger partial charge in [-0.2, -0.15) is 5.10 Å². The lowest BCUT2D eigenvalue weighted by molar-refractivity contribution is 0.607. The average molecular weight is 146 g/mol. The van der Waals surface area contributed by atoms with E-state index in [2.05, 4.69) is 10.5 Å². The zero-order valence-corrected chi connectivity index (χ0v) is 6.36. The van der Waals surface area contributed by atoms with E-state index in [1.807, 2.05) is 6.92 Å². The molecule has 2 atom stereocenters. The van der Waals surface area contributed by atoms with Gasteiger partial charge in [-0.25, -0.2) is 0 Å². The van der Waals surface area contributed by atoms with E-state index in [0.29, 0.717) is 10.8 Å². The van der Waals surface area contributed by atoms with Crippen LogP contribution in [0.5, 0.6) is 0 Å². The van der Waals surface area contributed by atoms with Crippen molar-refractivity contribution in [3.05, 3.63) is 0 Å². The van der Waals surface area contributed by atoms with Crippen LogP contribution in [-0.4, -0.2) is 21.0 Å². The molecule has 52 valence electrons. The van der Waals surface area contributed by atoms with E-state index in [-0.39, 0.29) is 6.04 Å². The molecule has 0 radical (unpaired) electrons. The molecule has 1 aliphatic heterocycles. The summed E-state index contributed by atoms with van der Waals surface area (Å²) < 4.78 is 10.9. The highest BCUT2D eigenvalue weighted by atomic mass is 32.2. The van der Waals surface area contributed by atoms with Gasteiger partial charge in [0.15, 0.2) is 0 Å². The van der Waals surface area contributed by atoms with Crippen LogP contribution in [0.25, 0.3) is 0 Å². The second kappa shape index (κ2) is 2.47. The van der Waals surface area contributed by atoms with E-state index in [4.69, 9.17) is 0 Å². The van der Waals surface area contributed by atoms with E-state index in [9.17, 15) is 4.21 Å². The lowest BCUT2D eigenvalue weighted by atomic mass is 10.4. The molecule has 4 heteroatoms. The Balaban J connectivity index is 2.68. The third-order valence-electron chi connectivity index (χ3n) is 1.17. The van der Waals surface area contributed by atoms with Crippen molar-refractivity contribution < 1.29 is 4.21 Å². The zero-order chi connectivity index (χ0) is 6.85. The Labute approximate surface area is 57.0 Å². The van der Waals surface area contributed by atoms with Gasteiger partial charge in [-0.05, 0) is 13.8 Å². The number of nitrogens with one attached hydrogen (secondary N) is 1. The van der Waals surface area contributed by atoms with Crippen LogP contribution in [0.2, 0.25) is 0 Å². The second-order valence-electron chi connectivity index (χ2n) is 2.17. The second-order valence-corrected chi connectivity index (χ2v) is 3.79. The fourth-order valence-electron chi connectivity index (χ4n) is 0.637. The molecule has 1 N–H and O–H groups in total. The van der Waals surface area contributed by atoms with E-state index in [0.717, 1.165) is 0 Å². The first-order valence-corrected chi connectivity index (χ1v) is 4.20. The minimum atomic E-state index is -0.828. The van der Waals surface area contributed by atoms with Gasteiger partial charge in [0.05, 0.1) is 22.6 Å².